The Bertz CT molecular complexity index is 1130. The molecule has 2 aromatic carbocycles. The number of nitro benzene ring substituents is 1. The molecule has 7 heteroatoms. The molecule has 0 saturated carbocycles. The molecule has 0 N–H and O–H groups in total. The first-order valence-corrected chi connectivity index (χ1v) is 10.9. The highest BCUT2D eigenvalue weighted by Gasteiger charge is 2.48. The van der Waals surface area contributed by atoms with E-state index in [0.717, 1.165) is 11.3 Å². The zero-order valence-electron chi connectivity index (χ0n) is 17.5. The minimum absolute atomic E-state index is 0.0901. The number of imide groups is 1. The van der Waals surface area contributed by atoms with Crippen LogP contribution >= 0.6 is 0 Å². The highest BCUT2D eigenvalue weighted by Crippen LogP contribution is 2.40. The highest BCUT2D eigenvalue weighted by molar-refractivity contribution is 6.22. The number of carbonyl (C=O) groups is 2. The lowest BCUT2D eigenvalue weighted by Crippen LogP contribution is -2.31. The molecular formula is C25H23N3O4. The number of hydrogen-bond donors (Lipinski definition) is 0. The van der Waals surface area contributed by atoms with Crippen LogP contribution in [0.25, 0.3) is 5.57 Å². The summed E-state index contributed by atoms with van der Waals surface area (Å²) in [6.07, 6.45) is 7.81. The third-order valence-corrected chi connectivity index (χ3v) is 6.62. The third kappa shape index (κ3) is 3.39. The fourth-order valence-corrected chi connectivity index (χ4v) is 4.92. The van der Waals surface area contributed by atoms with E-state index in [1.807, 2.05) is 35.3 Å². The van der Waals surface area contributed by atoms with Crippen molar-refractivity contribution in [1.82, 2.24) is 0 Å². The molecule has 0 radical (unpaired) electrons. The minimum atomic E-state index is -0.436. The molecule has 2 aromatic rings. The van der Waals surface area contributed by atoms with E-state index in [-0.39, 0.29) is 35.0 Å². The number of rotatable bonds is 4. The average molecular weight is 429 g/mol. The van der Waals surface area contributed by atoms with Crippen molar-refractivity contribution in [2.45, 2.75) is 19.3 Å². The van der Waals surface area contributed by atoms with Crippen LogP contribution in [0.2, 0.25) is 0 Å². The zero-order valence-corrected chi connectivity index (χ0v) is 17.5. The van der Waals surface area contributed by atoms with Gasteiger partial charge in [-0.15, -0.1) is 0 Å². The molecule has 32 heavy (non-hydrogen) atoms. The van der Waals surface area contributed by atoms with Crippen LogP contribution in [-0.2, 0) is 9.59 Å². The monoisotopic (exact) mass is 429 g/mol. The SMILES string of the molecule is O=C1[C@H]2CC=CC[C@@H]2C(=O)N1c1ccc(N2CC=C(c3ccccc3)CC2)c([N+](=O)[O-])c1. The fourth-order valence-electron chi connectivity index (χ4n) is 4.92. The van der Waals surface area contributed by atoms with Crippen molar-refractivity contribution in [3.8, 4) is 0 Å². The number of nitro groups is 1. The van der Waals surface area contributed by atoms with Gasteiger partial charge in [-0.2, -0.15) is 0 Å². The minimum Gasteiger partial charge on any atom is -0.362 e. The average Bonchev–Trinajstić information content (AvgIpc) is 3.09. The van der Waals surface area contributed by atoms with Gasteiger partial charge in [-0.1, -0.05) is 48.6 Å². The summed E-state index contributed by atoms with van der Waals surface area (Å²) in [7, 11) is 0. The lowest BCUT2D eigenvalue weighted by Gasteiger charge is -2.28. The predicted octanol–water partition coefficient (Wildman–Crippen LogP) is 4.34. The molecule has 0 aromatic heterocycles. The number of amides is 2. The van der Waals surface area contributed by atoms with Crippen LogP contribution in [0.3, 0.4) is 0 Å². The van der Waals surface area contributed by atoms with Gasteiger partial charge in [0.15, 0.2) is 0 Å². The first-order valence-electron chi connectivity index (χ1n) is 10.9. The molecule has 2 heterocycles. The zero-order chi connectivity index (χ0) is 22.2. The number of fused-ring (bicyclic) bond motifs is 1. The number of benzene rings is 2. The lowest BCUT2D eigenvalue weighted by molar-refractivity contribution is -0.384. The molecule has 3 aliphatic rings. The van der Waals surface area contributed by atoms with Gasteiger partial charge >= 0.3 is 0 Å². The number of nitrogens with zero attached hydrogens (tertiary/aromatic N) is 3. The van der Waals surface area contributed by atoms with E-state index in [1.54, 1.807) is 12.1 Å². The van der Waals surface area contributed by atoms with Crippen molar-refractivity contribution in [1.29, 1.82) is 0 Å². The molecule has 1 saturated heterocycles. The largest absolute Gasteiger partial charge is 0.362 e. The van der Waals surface area contributed by atoms with Crippen LogP contribution < -0.4 is 9.80 Å². The summed E-state index contributed by atoms with van der Waals surface area (Å²) in [6.45, 7) is 1.21. The Balaban J connectivity index is 1.42. The van der Waals surface area contributed by atoms with Crippen LogP contribution in [0.4, 0.5) is 17.1 Å². The second kappa shape index (κ2) is 8.07. The number of hydrogen-bond acceptors (Lipinski definition) is 5. The van der Waals surface area contributed by atoms with Crippen molar-refractivity contribution in [3.05, 3.63) is 82.4 Å². The summed E-state index contributed by atoms with van der Waals surface area (Å²) in [5.41, 5.74) is 3.08. The van der Waals surface area contributed by atoms with E-state index >= 15 is 0 Å². The molecule has 5 rings (SSSR count). The maximum atomic E-state index is 12.9. The van der Waals surface area contributed by atoms with Crippen LogP contribution in [0.5, 0.6) is 0 Å². The number of carbonyl (C=O) groups excluding carboxylic acids is 2. The quantitative estimate of drug-likeness (QED) is 0.312. The molecule has 1 aliphatic carbocycles. The van der Waals surface area contributed by atoms with Gasteiger partial charge in [0.1, 0.15) is 5.69 Å². The van der Waals surface area contributed by atoms with Crippen LogP contribution in [0.1, 0.15) is 24.8 Å². The molecule has 0 unspecified atom stereocenters. The van der Waals surface area contributed by atoms with Gasteiger partial charge in [0.2, 0.25) is 11.8 Å². The van der Waals surface area contributed by atoms with E-state index in [2.05, 4.69) is 18.2 Å². The predicted molar refractivity (Wildman–Crippen MR) is 122 cm³/mol. The molecule has 1 fully saturated rings. The summed E-state index contributed by atoms with van der Waals surface area (Å²) in [6, 6.07) is 14.8. The fraction of sp³-hybridized carbons (Fsp3) is 0.280. The van der Waals surface area contributed by atoms with Gasteiger partial charge in [-0.3, -0.25) is 19.7 Å². The number of anilines is 2. The van der Waals surface area contributed by atoms with Gasteiger partial charge in [-0.05, 0) is 42.5 Å². The van der Waals surface area contributed by atoms with E-state index in [4.69, 9.17) is 0 Å². The summed E-state index contributed by atoms with van der Waals surface area (Å²) >= 11 is 0. The topological polar surface area (TPSA) is 83.8 Å². The molecule has 7 nitrogen and oxygen atoms in total. The van der Waals surface area contributed by atoms with Gasteiger partial charge in [0.05, 0.1) is 22.4 Å². The normalized spacial score (nSPS) is 22.7. The van der Waals surface area contributed by atoms with Gasteiger partial charge in [0, 0.05) is 19.2 Å². The van der Waals surface area contributed by atoms with E-state index in [9.17, 15) is 19.7 Å². The molecule has 2 atom stereocenters. The second-order valence-electron chi connectivity index (χ2n) is 8.39. The molecule has 2 amide bonds. The maximum absolute atomic E-state index is 12.9. The molecule has 0 bridgehead atoms. The van der Waals surface area contributed by atoms with Crippen molar-refractivity contribution in [2.75, 3.05) is 22.9 Å². The van der Waals surface area contributed by atoms with Crippen LogP contribution in [0, 0.1) is 22.0 Å². The molecule has 0 spiro atoms. The highest BCUT2D eigenvalue weighted by atomic mass is 16.6. The standard InChI is InChI=1S/C25H23N3O4/c29-24-20-8-4-5-9-21(20)25(30)27(24)19-10-11-22(23(16-19)28(31)32)26-14-12-18(13-15-26)17-6-2-1-3-7-17/h1-7,10-12,16,20-21H,8-9,13-15H2/t20-,21-/m0/s1. The van der Waals surface area contributed by atoms with Crippen molar-refractivity contribution < 1.29 is 14.5 Å². The Morgan fingerprint density at radius 2 is 1.62 bits per heavy atom. The van der Waals surface area contributed by atoms with Crippen LogP contribution in [-0.4, -0.2) is 29.8 Å². The van der Waals surface area contributed by atoms with Crippen molar-refractivity contribution in [2.24, 2.45) is 11.8 Å². The van der Waals surface area contributed by atoms with E-state index in [0.29, 0.717) is 31.6 Å². The maximum Gasteiger partial charge on any atom is 0.294 e. The first-order chi connectivity index (χ1) is 15.5. The number of allylic oxidation sites excluding steroid dienone is 2. The van der Waals surface area contributed by atoms with Crippen molar-refractivity contribution in [3.63, 3.8) is 0 Å². The van der Waals surface area contributed by atoms with E-state index < -0.39 is 4.92 Å². The lowest BCUT2D eigenvalue weighted by atomic mass is 9.85. The van der Waals surface area contributed by atoms with Crippen LogP contribution in [0.15, 0.2) is 66.8 Å². The Hall–Kier alpha value is -3.74. The summed E-state index contributed by atoms with van der Waals surface area (Å²) < 4.78 is 0. The molecule has 162 valence electrons. The van der Waals surface area contributed by atoms with Crippen molar-refractivity contribution >= 4 is 34.4 Å². The third-order valence-electron chi connectivity index (χ3n) is 6.62. The smallest absolute Gasteiger partial charge is 0.294 e. The Labute approximate surface area is 185 Å². The summed E-state index contributed by atoms with van der Waals surface area (Å²) in [5.74, 6) is -1.26. The first kappa shape index (κ1) is 20.2. The Morgan fingerprint density at radius 3 is 2.22 bits per heavy atom. The Morgan fingerprint density at radius 1 is 0.938 bits per heavy atom. The van der Waals surface area contributed by atoms with Gasteiger partial charge in [-0.25, -0.2) is 4.90 Å². The van der Waals surface area contributed by atoms with Gasteiger partial charge in [0.25, 0.3) is 5.69 Å². The molecule has 2 aliphatic heterocycles. The van der Waals surface area contributed by atoms with E-state index in [1.165, 1.54) is 17.2 Å². The van der Waals surface area contributed by atoms with Gasteiger partial charge < -0.3 is 4.90 Å². The second-order valence-corrected chi connectivity index (χ2v) is 8.39. The molecular weight excluding hydrogens is 406 g/mol. The summed E-state index contributed by atoms with van der Waals surface area (Å²) in [4.78, 5) is 40.3. The summed E-state index contributed by atoms with van der Waals surface area (Å²) in [5, 5.41) is 11.9. The Kier molecular flexibility index (Phi) is 5.09.